The maximum atomic E-state index is 11.7. The van der Waals surface area contributed by atoms with Gasteiger partial charge in [-0.15, -0.1) is 0 Å². The number of aromatic nitrogens is 1. The standard InChI is InChI=1S/C28H37N3O2/c1-20(18-30-14-12-29(4)13-15-30)19-31-22(3)21(2)26-17-24(8-11-27(26)31)16-23-6-9-25(10-7-23)28(32)33-5/h6-11,17,20H,12-16,18-19H2,1-5H3. The number of esters is 1. The largest absolute Gasteiger partial charge is 0.465 e. The van der Waals surface area contributed by atoms with Gasteiger partial charge in [0, 0.05) is 55.9 Å². The zero-order valence-electron chi connectivity index (χ0n) is 20.7. The van der Waals surface area contributed by atoms with Crippen LogP contribution in [-0.2, 0) is 17.7 Å². The van der Waals surface area contributed by atoms with Crippen molar-refractivity contribution >= 4 is 16.9 Å². The minimum Gasteiger partial charge on any atom is -0.465 e. The number of nitrogens with zero attached hydrogens (tertiary/aromatic N) is 3. The molecule has 1 fully saturated rings. The molecule has 4 rings (SSSR count). The lowest BCUT2D eigenvalue weighted by Crippen LogP contribution is -2.46. The molecular weight excluding hydrogens is 410 g/mol. The van der Waals surface area contributed by atoms with E-state index in [0.717, 1.165) is 19.5 Å². The maximum Gasteiger partial charge on any atom is 0.337 e. The van der Waals surface area contributed by atoms with Crippen molar-refractivity contribution in [3.8, 4) is 0 Å². The molecule has 1 aromatic heterocycles. The summed E-state index contributed by atoms with van der Waals surface area (Å²) in [6, 6.07) is 14.6. The van der Waals surface area contributed by atoms with E-state index < -0.39 is 0 Å². The number of fused-ring (bicyclic) bond motifs is 1. The average molecular weight is 448 g/mol. The molecule has 0 N–H and O–H groups in total. The number of carbonyl (C=O) groups excluding carboxylic acids is 1. The molecule has 33 heavy (non-hydrogen) atoms. The molecule has 1 atom stereocenters. The molecule has 0 amide bonds. The van der Waals surface area contributed by atoms with Gasteiger partial charge in [0.15, 0.2) is 0 Å². The van der Waals surface area contributed by atoms with Crippen LogP contribution in [-0.4, -0.2) is 67.2 Å². The van der Waals surface area contributed by atoms with Gasteiger partial charge in [-0.2, -0.15) is 0 Å². The van der Waals surface area contributed by atoms with Crippen molar-refractivity contribution in [2.24, 2.45) is 5.92 Å². The second-order valence-electron chi connectivity index (χ2n) is 9.75. The number of piperazine rings is 1. The molecule has 1 aliphatic rings. The van der Waals surface area contributed by atoms with Crippen LogP contribution >= 0.6 is 0 Å². The highest BCUT2D eigenvalue weighted by molar-refractivity contribution is 5.89. The van der Waals surface area contributed by atoms with Crippen molar-refractivity contribution in [2.75, 3.05) is 46.9 Å². The summed E-state index contributed by atoms with van der Waals surface area (Å²) in [5.41, 5.74) is 7.15. The van der Waals surface area contributed by atoms with Crippen LogP contribution in [0.3, 0.4) is 0 Å². The van der Waals surface area contributed by atoms with Crippen LogP contribution in [0, 0.1) is 19.8 Å². The predicted octanol–water partition coefficient (Wildman–Crippen LogP) is 4.52. The van der Waals surface area contributed by atoms with Crippen LogP contribution in [0.15, 0.2) is 42.5 Å². The summed E-state index contributed by atoms with van der Waals surface area (Å²) in [5.74, 6) is 0.312. The molecule has 3 aromatic rings. The van der Waals surface area contributed by atoms with Gasteiger partial charge in [0.1, 0.15) is 0 Å². The summed E-state index contributed by atoms with van der Waals surface area (Å²) >= 11 is 0. The quantitative estimate of drug-likeness (QED) is 0.499. The lowest BCUT2D eigenvalue weighted by Gasteiger charge is -2.34. The van der Waals surface area contributed by atoms with Crippen molar-refractivity contribution in [1.29, 1.82) is 0 Å². The Bertz CT molecular complexity index is 1110. The number of rotatable bonds is 7. The number of carbonyl (C=O) groups is 1. The highest BCUT2D eigenvalue weighted by Crippen LogP contribution is 2.28. The van der Waals surface area contributed by atoms with Crippen LogP contribution in [0.25, 0.3) is 10.9 Å². The van der Waals surface area contributed by atoms with E-state index in [1.165, 1.54) is 66.6 Å². The van der Waals surface area contributed by atoms with Crippen molar-refractivity contribution in [2.45, 2.75) is 33.7 Å². The first-order valence-electron chi connectivity index (χ1n) is 12.0. The minimum atomic E-state index is -0.294. The fourth-order valence-corrected chi connectivity index (χ4v) is 5.00. The van der Waals surface area contributed by atoms with Crippen molar-refractivity contribution < 1.29 is 9.53 Å². The third-order valence-corrected chi connectivity index (χ3v) is 7.15. The van der Waals surface area contributed by atoms with E-state index >= 15 is 0 Å². The molecular formula is C28H37N3O2. The third kappa shape index (κ3) is 5.31. The number of hydrogen-bond acceptors (Lipinski definition) is 4. The summed E-state index contributed by atoms with van der Waals surface area (Å²) in [5, 5.41) is 1.35. The second-order valence-corrected chi connectivity index (χ2v) is 9.75. The van der Waals surface area contributed by atoms with E-state index in [1.807, 2.05) is 24.3 Å². The molecule has 0 spiro atoms. The average Bonchev–Trinajstić information content (AvgIpc) is 3.05. The van der Waals surface area contributed by atoms with Gasteiger partial charge < -0.3 is 19.1 Å². The Balaban J connectivity index is 1.48. The van der Waals surface area contributed by atoms with Crippen molar-refractivity contribution in [3.05, 3.63) is 70.4 Å². The minimum absolute atomic E-state index is 0.294. The summed E-state index contributed by atoms with van der Waals surface area (Å²) in [4.78, 5) is 16.7. The molecule has 0 aliphatic carbocycles. The maximum absolute atomic E-state index is 11.7. The van der Waals surface area contributed by atoms with Gasteiger partial charge in [-0.1, -0.05) is 25.1 Å². The topological polar surface area (TPSA) is 37.7 Å². The summed E-state index contributed by atoms with van der Waals surface area (Å²) in [7, 11) is 3.62. The van der Waals surface area contributed by atoms with Gasteiger partial charge in [-0.3, -0.25) is 0 Å². The number of likely N-dealkylation sites (N-methyl/N-ethyl adjacent to an activating group) is 1. The van der Waals surface area contributed by atoms with E-state index in [0.29, 0.717) is 11.5 Å². The molecule has 0 saturated carbocycles. The SMILES string of the molecule is COC(=O)c1ccc(Cc2ccc3c(c2)c(C)c(C)n3CC(C)CN2CCN(C)CC2)cc1. The summed E-state index contributed by atoms with van der Waals surface area (Å²) in [6.45, 7) is 13.8. The fraction of sp³-hybridized carbons (Fsp3) is 0.464. The van der Waals surface area contributed by atoms with E-state index in [2.05, 4.69) is 60.4 Å². The van der Waals surface area contributed by atoms with E-state index in [9.17, 15) is 4.79 Å². The Hall–Kier alpha value is -2.63. The van der Waals surface area contributed by atoms with Crippen LogP contribution in [0.1, 0.15) is 39.7 Å². The molecule has 5 heteroatoms. The van der Waals surface area contributed by atoms with Crippen LogP contribution < -0.4 is 0 Å². The second kappa shape index (κ2) is 10.1. The van der Waals surface area contributed by atoms with Gasteiger partial charge in [0.05, 0.1) is 12.7 Å². The fourth-order valence-electron chi connectivity index (χ4n) is 5.00. The number of benzene rings is 2. The van der Waals surface area contributed by atoms with Crippen LogP contribution in [0.4, 0.5) is 0 Å². The highest BCUT2D eigenvalue weighted by Gasteiger charge is 2.18. The van der Waals surface area contributed by atoms with Gasteiger partial charge >= 0.3 is 5.97 Å². The molecule has 2 heterocycles. The Morgan fingerprint density at radius 1 is 0.970 bits per heavy atom. The number of ether oxygens (including phenoxy) is 1. The smallest absolute Gasteiger partial charge is 0.337 e. The third-order valence-electron chi connectivity index (χ3n) is 7.15. The molecule has 2 aromatic carbocycles. The molecule has 5 nitrogen and oxygen atoms in total. The highest BCUT2D eigenvalue weighted by atomic mass is 16.5. The zero-order chi connectivity index (χ0) is 23.5. The first kappa shape index (κ1) is 23.5. The van der Waals surface area contributed by atoms with Crippen molar-refractivity contribution in [1.82, 2.24) is 14.4 Å². The van der Waals surface area contributed by atoms with Gasteiger partial charge in [-0.25, -0.2) is 4.79 Å². The van der Waals surface area contributed by atoms with Crippen molar-refractivity contribution in [3.63, 3.8) is 0 Å². The van der Waals surface area contributed by atoms with Crippen LogP contribution in [0.2, 0.25) is 0 Å². The monoisotopic (exact) mass is 447 g/mol. The summed E-state index contributed by atoms with van der Waals surface area (Å²) < 4.78 is 7.31. The Labute approximate surface area is 197 Å². The Kier molecular flexibility index (Phi) is 7.20. The first-order valence-corrected chi connectivity index (χ1v) is 12.0. The van der Waals surface area contributed by atoms with E-state index in [1.54, 1.807) is 0 Å². The van der Waals surface area contributed by atoms with Gasteiger partial charge in [0.25, 0.3) is 0 Å². The molecule has 0 radical (unpaired) electrons. The number of aryl methyl sites for hydroxylation is 1. The number of hydrogen-bond donors (Lipinski definition) is 0. The van der Waals surface area contributed by atoms with Gasteiger partial charge in [-0.05, 0) is 74.2 Å². The lowest BCUT2D eigenvalue weighted by molar-refractivity contribution is 0.0600. The lowest BCUT2D eigenvalue weighted by atomic mass is 10.0. The summed E-state index contributed by atoms with van der Waals surface area (Å²) in [6.07, 6.45) is 0.848. The van der Waals surface area contributed by atoms with E-state index in [-0.39, 0.29) is 5.97 Å². The van der Waals surface area contributed by atoms with Crippen LogP contribution in [0.5, 0.6) is 0 Å². The molecule has 1 unspecified atom stereocenters. The Morgan fingerprint density at radius 2 is 1.64 bits per heavy atom. The molecule has 0 bridgehead atoms. The normalized spacial score (nSPS) is 16.3. The Morgan fingerprint density at radius 3 is 2.30 bits per heavy atom. The zero-order valence-corrected chi connectivity index (χ0v) is 20.7. The predicted molar refractivity (Wildman–Crippen MR) is 135 cm³/mol. The molecule has 176 valence electrons. The van der Waals surface area contributed by atoms with E-state index in [4.69, 9.17) is 4.74 Å². The number of methoxy groups -OCH3 is 1. The molecule has 1 saturated heterocycles. The molecule has 1 aliphatic heterocycles. The van der Waals surface area contributed by atoms with Gasteiger partial charge in [0.2, 0.25) is 0 Å². The first-order chi connectivity index (χ1) is 15.9.